The van der Waals surface area contributed by atoms with E-state index in [0.717, 1.165) is 17.2 Å². The zero-order valence-corrected chi connectivity index (χ0v) is 21.6. The number of carbonyl (C=O) groups excluding carboxylic acids is 1. The number of nitrogens with one attached hydrogen (secondary N) is 2. The molecule has 0 radical (unpaired) electrons. The van der Waals surface area contributed by atoms with E-state index in [1.54, 1.807) is 13.0 Å². The van der Waals surface area contributed by atoms with Crippen molar-refractivity contribution < 1.29 is 27.1 Å². The number of benzene rings is 3. The quantitative estimate of drug-likeness (QED) is 0.321. The van der Waals surface area contributed by atoms with E-state index < -0.39 is 28.5 Å². The number of amides is 1. The minimum Gasteiger partial charge on any atom is -0.487 e. The molecule has 4 aromatic rings. The molecule has 1 amide bonds. The summed E-state index contributed by atoms with van der Waals surface area (Å²) in [4.78, 5) is 20.5. The first-order valence-electron chi connectivity index (χ1n) is 11.9. The van der Waals surface area contributed by atoms with Crippen LogP contribution in [0.3, 0.4) is 0 Å². The predicted molar refractivity (Wildman–Crippen MR) is 142 cm³/mol. The van der Waals surface area contributed by atoms with Crippen molar-refractivity contribution in [1.82, 2.24) is 14.7 Å². The molecule has 12 heteroatoms. The highest BCUT2D eigenvalue weighted by atomic mass is 32.2. The summed E-state index contributed by atoms with van der Waals surface area (Å²) < 4.78 is 54.6. The van der Waals surface area contributed by atoms with Crippen LogP contribution in [0.1, 0.15) is 16.8 Å². The lowest BCUT2D eigenvalue weighted by atomic mass is 10.2. The van der Waals surface area contributed by atoms with Crippen molar-refractivity contribution in [3.63, 3.8) is 0 Å². The van der Waals surface area contributed by atoms with Crippen molar-refractivity contribution >= 4 is 33.4 Å². The average molecular weight is 550 g/mol. The van der Waals surface area contributed by atoms with Crippen molar-refractivity contribution in [2.75, 3.05) is 16.2 Å². The molecule has 1 aliphatic heterocycles. The van der Waals surface area contributed by atoms with Gasteiger partial charge in [-0.05, 0) is 24.1 Å². The third kappa shape index (κ3) is 6.24. The van der Waals surface area contributed by atoms with Crippen LogP contribution in [0.2, 0.25) is 0 Å². The fraction of sp³-hybridized carbons (Fsp3) is 0.148. The maximum atomic E-state index is 15.5. The van der Waals surface area contributed by atoms with E-state index in [-0.39, 0.29) is 29.7 Å². The Balaban J connectivity index is 1.44. The van der Waals surface area contributed by atoms with Crippen LogP contribution in [0, 0.1) is 12.7 Å². The summed E-state index contributed by atoms with van der Waals surface area (Å²) >= 11 is 0. The van der Waals surface area contributed by atoms with Gasteiger partial charge in [0.2, 0.25) is 11.8 Å². The molecule has 2 heterocycles. The van der Waals surface area contributed by atoms with Gasteiger partial charge in [-0.2, -0.15) is 13.4 Å². The molecule has 1 fully saturated rings. The fourth-order valence-electron chi connectivity index (χ4n) is 3.91. The molecule has 0 atom stereocenters. The van der Waals surface area contributed by atoms with Crippen molar-refractivity contribution in [3.05, 3.63) is 102 Å². The van der Waals surface area contributed by atoms with Crippen LogP contribution in [0.25, 0.3) is 0 Å². The van der Waals surface area contributed by atoms with Crippen LogP contribution in [0.5, 0.6) is 11.6 Å². The number of hydrogen-bond acceptors (Lipinski definition) is 8. The minimum absolute atomic E-state index is 0.0322. The lowest BCUT2D eigenvalue weighted by molar-refractivity contribution is -0.117. The summed E-state index contributed by atoms with van der Waals surface area (Å²) in [5.74, 6) is -1.32. The van der Waals surface area contributed by atoms with Gasteiger partial charge in [-0.25, -0.2) is 18.4 Å². The Morgan fingerprint density at radius 2 is 1.59 bits per heavy atom. The summed E-state index contributed by atoms with van der Waals surface area (Å²) in [7, 11) is -4.28. The van der Waals surface area contributed by atoms with Gasteiger partial charge in [0.05, 0.1) is 0 Å². The van der Waals surface area contributed by atoms with Gasteiger partial charge in [0.15, 0.2) is 5.82 Å². The molecule has 39 heavy (non-hydrogen) atoms. The van der Waals surface area contributed by atoms with Crippen LogP contribution in [-0.4, -0.2) is 30.8 Å². The van der Waals surface area contributed by atoms with Gasteiger partial charge in [0.1, 0.15) is 31.2 Å². The SMILES string of the molecule is Cc1cc(OCc2ccccc2)nc(Nc2cc(F)c(N3CC(=O)NS3(=O)=O)c(OCc3ccccc3)c2)n1. The zero-order chi connectivity index (χ0) is 27.4. The minimum atomic E-state index is -4.28. The fourth-order valence-corrected chi connectivity index (χ4v) is 5.08. The van der Waals surface area contributed by atoms with Gasteiger partial charge < -0.3 is 14.8 Å². The first-order valence-corrected chi connectivity index (χ1v) is 13.3. The lowest BCUT2D eigenvalue weighted by Crippen LogP contribution is -2.30. The largest absolute Gasteiger partial charge is 0.487 e. The third-order valence-electron chi connectivity index (χ3n) is 5.65. The Kier molecular flexibility index (Phi) is 7.28. The van der Waals surface area contributed by atoms with Gasteiger partial charge in [-0.3, -0.25) is 4.79 Å². The van der Waals surface area contributed by atoms with E-state index in [9.17, 15) is 13.2 Å². The molecular formula is C27H24FN5O5S. The van der Waals surface area contributed by atoms with E-state index in [1.807, 2.05) is 65.4 Å². The number of hydrogen-bond donors (Lipinski definition) is 2. The summed E-state index contributed by atoms with van der Waals surface area (Å²) in [6.07, 6.45) is 0. The maximum Gasteiger partial charge on any atom is 0.326 e. The van der Waals surface area contributed by atoms with E-state index in [1.165, 1.54) is 6.07 Å². The molecule has 0 saturated carbocycles. The number of anilines is 3. The lowest BCUT2D eigenvalue weighted by Gasteiger charge is -2.21. The van der Waals surface area contributed by atoms with Crippen LogP contribution in [0.15, 0.2) is 78.9 Å². The number of carbonyl (C=O) groups is 1. The molecule has 0 bridgehead atoms. The molecule has 3 aromatic carbocycles. The molecule has 0 spiro atoms. The summed E-state index contributed by atoms with van der Waals surface area (Å²) in [5, 5.41) is 2.94. The number of aryl methyl sites for hydroxylation is 1. The highest BCUT2D eigenvalue weighted by molar-refractivity contribution is 7.92. The topological polar surface area (TPSA) is 123 Å². The Morgan fingerprint density at radius 3 is 2.21 bits per heavy atom. The highest BCUT2D eigenvalue weighted by Crippen LogP contribution is 2.38. The van der Waals surface area contributed by atoms with Gasteiger partial charge in [0, 0.05) is 23.5 Å². The molecule has 10 nitrogen and oxygen atoms in total. The van der Waals surface area contributed by atoms with Gasteiger partial charge in [-0.15, -0.1) is 0 Å². The average Bonchev–Trinajstić information content (AvgIpc) is 3.18. The Labute approximate surface area is 224 Å². The Bertz CT molecular complexity index is 1600. The van der Waals surface area contributed by atoms with Gasteiger partial charge >= 0.3 is 10.2 Å². The standard InChI is InChI=1S/C27H24FN5O5S/c1-18-12-25(38-17-20-10-6-3-7-11-20)31-27(29-18)30-21-13-22(28)26(33-15-24(34)32-39(33,35)36)23(14-21)37-16-19-8-4-2-5-9-19/h2-14H,15-17H2,1H3,(H,32,34)(H,29,30,31). The summed E-state index contributed by atoms with van der Waals surface area (Å²) in [5.41, 5.74) is 2.18. The summed E-state index contributed by atoms with van der Waals surface area (Å²) in [6, 6.07) is 22.9. The predicted octanol–water partition coefficient (Wildman–Crippen LogP) is 4.01. The second-order valence-electron chi connectivity index (χ2n) is 8.69. The monoisotopic (exact) mass is 549 g/mol. The van der Waals surface area contributed by atoms with Crippen molar-refractivity contribution in [3.8, 4) is 11.6 Å². The number of nitrogens with zero attached hydrogens (tertiary/aromatic N) is 3. The summed E-state index contributed by atoms with van der Waals surface area (Å²) in [6.45, 7) is 1.53. The highest BCUT2D eigenvalue weighted by Gasteiger charge is 2.38. The van der Waals surface area contributed by atoms with Crippen LogP contribution >= 0.6 is 0 Å². The molecule has 5 rings (SSSR count). The zero-order valence-electron chi connectivity index (χ0n) is 20.8. The number of ether oxygens (including phenoxy) is 2. The maximum absolute atomic E-state index is 15.5. The molecule has 1 aliphatic rings. The first kappa shape index (κ1) is 25.9. The van der Waals surface area contributed by atoms with Gasteiger partial charge in [-0.1, -0.05) is 60.7 Å². The van der Waals surface area contributed by atoms with Crippen molar-refractivity contribution in [2.45, 2.75) is 20.1 Å². The molecule has 1 aromatic heterocycles. The van der Waals surface area contributed by atoms with E-state index >= 15 is 4.39 Å². The first-order chi connectivity index (χ1) is 18.8. The Morgan fingerprint density at radius 1 is 0.949 bits per heavy atom. The van der Waals surface area contributed by atoms with E-state index in [0.29, 0.717) is 22.5 Å². The molecule has 200 valence electrons. The van der Waals surface area contributed by atoms with E-state index in [2.05, 4.69) is 15.3 Å². The van der Waals surface area contributed by atoms with Crippen molar-refractivity contribution in [1.29, 1.82) is 0 Å². The van der Waals surface area contributed by atoms with Crippen LogP contribution < -0.4 is 23.8 Å². The molecule has 0 unspecified atom stereocenters. The molecular weight excluding hydrogens is 525 g/mol. The molecule has 0 aliphatic carbocycles. The van der Waals surface area contributed by atoms with E-state index in [4.69, 9.17) is 9.47 Å². The number of rotatable bonds is 9. The molecule has 1 saturated heterocycles. The number of aromatic nitrogens is 2. The van der Waals surface area contributed by atoms with Gasteiger partial charge in [0.25, 0.3) is 5.91 Å². The third-order valence-corrected chi connectivity index (χ3v) is 7.03. The number of halogens is 1. The second kappa shape index (κ2) is 11.0. The Hall–Kier alpha value is -4.71. The van der Waals surface area contributed by atoms with Crippen LogP contribution in [-0.2, 0) is 28.2 Å². The second-order valence-corrected chi connectivity index (χ2v) is 10.3. The smallest absolute Gasteiger partial charge is 0.326 e. The molecule has 2 N–H and O–H groups in total. The normalized spacial score (nSPS) is 14.1. The van der Waals surface area contributed by atoms with Crippen LogP contribution in [0.4, 0.5) is 21.7 Å². The van der Waals surface area contributed by atoms with Crippen molar-refractivity contribution in [2.24, 2.45) is 0 Å².